The van der Waals surface area contributed by atoms with Crippen molar-refractivity contribution in [2.45, 2.75) is 147 Å². The molecule has 0 radical (unpaired) electrons. The van der Waals surface area contributed by atoms with Crippen molar-refractivity contribution in [1.29, 1.82) is 0 Å². The first-order valence-corrected chi connectivity index (χ1v) is 53.5. The van der Waals surface area contributed by atoms with Gasteiger partial charge in [0.25, 0.3) is 0 Å². The van der Waals surface area contributed by atoms with Gasteiger partial charge in [0.05, 0.1) is 39.6 Å². The van der Waals surface area contributed by atoms with Gasteiger partial charge in [-0.1, -0.05) is 0 Å². The van der Waals surface area contributed by atoms with E-state index >= 15 is 0 Å². The molecule has 0 saturated carbocycles. The minimum Gasteiger partial charge on any atom is -0.347 e. The van der Waals surface area contributed by atoms with Gasteiger partial charge in [-0.15, -0.1) is 0 Å². The number of hydrogen-bond acceptors (Lipinski definition) is 61. The molecule has 0 amide bonds. The van der Waals surface area contributed by atoms with Crippen molar-refractivity contribution in [3.8, 4) is 0 Å². The van der Waals surface area contributed by atoms with Gasteiger partial charge < -0.3 is 37.9 Å². The van der Waals surface area contributed by atoms with Crippen LogP contribution < -0.4 is 0 Å². The molecule has 756 valence electrons. The van der Waals surface area contributed by atoms with Crippen LogP contribution in [0.15, 0.2) is 0 Å². The van der Waals surface area contributed by atoms with Gasteiger partial charge in [0.15, 0.2) is 49.6 Å². The molecule has 4 rings (SSSR count). The van der Waals surface area contributed by atoms with Gasteiger partial charge in [0, 0.05) is 0 Å². The molecule has 97 heteroatoms. The minimum atomic E-state index is -7.03. The maximum Gasteiger partial charge on any atom is 0.397 e. The van der Waals surface area contributed by atoms with E-state index in [2.05, 4.69) is 75.3 Å². The van der Waals surface area contributed by atoms with Crippen LogP contribution in [0.3, 0.4) is 0 Å². The van der Waals surface area contributed by atoms with Gasteiger partial charge in [-0.2, -0.15) is 147 Å². The summed E-state index contributed by atoms with van der Waals surface area (Å²) in [6, 6.07) is 0. The molecular formula is C30H54O79S18. The summed E-state index contributed by atoms with van der Waals surface area (Å²) in [7, 11) is -112. The molecule has 0 aromatic rings. The Morgan fingerprint density at radius 3 is 0.591 bits per heavy atom. The molecule has 4 aliphatic heterocycles. The second kappa shape index (κ2) is 43.5. The zero-order chi connectivity index (χ0) is 98.6. The lowest BCUT2D eigenvalue weighted by atomic mass is 9.98. The van der Waals surface area contributed by atoms with E-state index in [9.17, 15) is 229 Å². The zero-order valence-corrected chi connectivity index (χ0v) is 73.1. The maximum absolute atomic E-state index is 12.8. The minimum absolute atomic E-state index is 2.17. The summed E-state index contributed by atoms with van der Waals surface area (Å²) >= 11 is -4.68. The molecule has 1 unspecified atom stereocenters. The summed E-state index contributed by atoms with van der Waals surface area (Å²) in [4.78, 5) is 0. The van der Waals surface area contributed by atoms with Gasteiger partial charge in [-0.3, -0.25) is 86.1 Å². The first-order chi connectivity index (χ1) is 56.3. The third kappa shape index (κ3) is 45.4. The van der Waals surface area contributed by atoms with E-state index in [1.165, 1.54) is 0 Å². The fraction of sp³-hybridized carbons (Fsp3) is 1.00. The van der Waals surface area contributed by atoms with Crippen LogP contribution in [0.4, 0.5) is 0 Å². The van der Waals surface area contributed by atoms with Crippen molar-refractivity contribution in [2.24, 2.45) is 0 Å². The molecular weight excluding hydrogens is 2200 g/mol. The summed E-state index contributed by atoms with van der Waals surface area (Å²) in [5, 5.41) is 0. The Labute approximate surface area is 712 Å². The summed E-state index contributed by atoms with van der Waals surface area (Å²) < 4.78 is 723. The van der Waals surface area contributed by atoms with Gasteiger partial charge in [-0.05, 0) is 0 Å². The Morgan fingerprint density at radius 1 is 0.220 bits per heavy atom. The zero-order valence-electron chi connectivity index (χ0n) is 58.4. The fourth-order valence-electron chi connectivity index (χ4n) is 10.2. The van der Waals surface area contributed by atoms with Crippen molar-refractivity contribution < 1.29 is 342 Å². The molecule has 4 saturated heterocycles. The third-order valence-corrected chi connectivity index (χ3v) is 21.9. The Kier molecular flexibility index (Phi) is 40.0. The van der Waals surface area contributed by atoms with Crippen LogP contribution in [-0.4, -0.2) is 416 Å². The average molecular weight is 2260 g/mol. The van der Waals surface area contributed by atoms with Gasteiger partial charge in [0.2, 0.25) is 0 Å². The second-order valence-electron chi connectivity index (χ2n) is 22.7. The predicted octanol–water partition coefficient (Wildman–Crippen LogP) is -15.1. The molecule has 0 aliphatic carbocycles. The Morgan fingerprint density at radius 2 is 0.402 bits per heavy atom. The molecule has 0 bridgehead atoms. The molecule has 127 heavy (non-hydrogen) atoms. The highest BCUT2D eigenvalue weighted by Crippen LogP contribution is 2.40. The van der Waals surface area contributed by atoms with Crippen LogP contribution in [0, 0.1) is 0 Å². The molecule has 0 spiro atoms. The van der Waals surface area contributed by atoms with Gasteiger partial charge in [0.1, 0.15) is 97.7 Å². The van der Waals surface area contributed by atoms with E-state index < -0.39 is 375 Å². The lowest BCUT2D eigenvalue weighted by Gasteiger charge is -2.45. The maximum atomic E-state index is 12.8. The first kappa shape index (κ1) is 117. The highest BCUT2D eigenvalue weighted by molar-refractivity contribution is 7.84. The average Bonchev–Trinajstić information content (AvgIpc) is 0.768. The van der Waals surface area contributed by atoms with Crippen molar-refractivity contribution in [2.75, 3.05) is 39.6 Å². The molecule has 4 fully saturated rings. The lowest BCUT2D eigenvalue weighted by Crippen LogP contribution is -2.65. The smallest absolute Gasteiger partial charge is 0.347 e. The van der Waals surface area contributed by atoms with Crippen LogP contribution in [0.1, 0.15) is 0 Å². The van der Waals surface area contributed by atoms with Crippen molar-refractivity contribution >= 4 is 188 Å². The number of ether oxygens (including phenoxy) is 8. The van der Waals surface area contributed by atoms with Crippen LogP contribution in [0.2, 0.25) is 0 Å². The predicted molar refractivity (Wildman–Crippen MR) is 355 cm³/mol. The molecule has 4 heterocycles. The number of hydrogen-bond donors (Lipinski definition) is 18. The van der Waals surface area contributed by atoms with Crippen LogP contribution in [0.25, 0.3) is 0 Å². The molecule has 25 atom stereocenters. The number of rotatable bonds is 53. The van der Waals surface area contributed by atoms with E-state index in [4.69, 9.17) is 37.9 Å². The molecule has 0 aromatic carbocycles. The van der Waals surface area contributed by atoms with E-state index in [1.807, 2.05) is 0 Å². The Bertz CT molecular complexity index is 5930. The Balaban J connectivity index is 2.13. The largest absolute Gasteiger partial charge is 0.397 e. The third-order valence-electron chi connectivity index (χ3n) is 13.6. The van der Waals surface area contributed by atoms with Crippen molar-refractivity contribution in [3.63, 3.8) is 0 Å². The van der Waals surface area contributed by atoms with Gasteiger partial charge in [-0.25, -0.2) is 71.1 Å². The van der Waals surface area contributed by atoms with Crippen LogP contribution in [-0.2, 0) is 301 Å². The summed E-state index contributed by atoms with van der Waals surface area (Å²) in [5.41, 5.74) is 0. The first-order valence-electron chi connectivity index (χ1n) is 29.2. The fourth-order valence-corrected chi connectivity index (χ4v) is 18.7. The van der Waals surface area contributed by atoms with Crippen molar-refractivity contribution in [1.82, 2.24) is 0 Å². The van der Waals surface area contributed by atoms with Gasteiger partial charge >= 0.3 is 188 Å². The highest BCUT2D eigenvalue weighted by Gasteiger charge is 2.61. The van der Waals surface area contributed by atoms with Crippen LogP contribution >= 0.6 is 0 Å². The van der Waals surface area contributed by atoms with E-state index in [-0.39, 0.29) is 0 Å². The molecule has 0 aromatic heterocycles. The highest BCUT2D eigenvalue weighted by atomic mass is 32.3. The lowest BCUT2D eigenvalue weighted by molar-refractivity contribution is -0.321. The van der Waals surface area contributed by atoms with E-state index in [1.54, 1.807) is 0 Å². The summed E-state index contributed by atoms with van der Waals surface area (Å²) in [6.07, 6.45) is -89.5. The molecule has 18 N–H and O–H groups in total. The second-order valence-corrected chi connectivity index (χ2v) is 41.2. The topological polar surface area (TPSA) is 1200 Å². The monoisotopic (exact) mass is 2250 g/mol. The van der Waals surface area contributed by atoms with Crippen LogP contribution in [0.5, 0.6) is 0 Å². The van der Waals surface area contributed by atoms with E-state index in [0.717, 1.165) is 0 Å². The molecule has 79 nitrogen and oxygen atoms in total. The van der Waals surface area contributed by atoms with E-state index in [0.29, 0.717) is 0 Å². The summed E-state index contributed by atoms with van der Waals surface area (Å²) in [6.45, 7) is -14.9. The molecule has 4 aliphatic rings. The quantitative estimate of drug-likeness (QED) is 0.0199. The normalized spacial score (nSPS) is 29.9. The van der Waals surface area contributed by atoms with Crippen molar-refractivity contribution in [3.05, 3.63) is 0 Å². The SMILES string of the molecule is O=S(O)O[C@@H]([C@H](OS(=O)(=O)O)[C@@H](CO[C@@H]1O[C@H](CO[C@@H]2O[C@H](COS(=O)(=O)O)[C@@H](OS(=O)(=O)O)[C@H](OS(=O)(=O)O)[C@H]2OS(=O)(=O)O)[C@@H](OS(=O)(=O)O)[C@H](OS(=O)(=O)O)[C@H]1OS(=O)(=O)O)OS(=O)(=O)O)[C@@H](CO[C@@H]1O[C@H](CO[C@@H]2O[C@H](COS(=O)(=O)O)[C@@H](OS(=O)(=O)O)[C@H](OS(=O)(=O)O)[C@H]2OS(=O)(=O)O)[C@@H](OS(=O)(=O)O)[C@H](OS(=O)(=O)O)[C@H]1OS(=O)(=O)O)OS(=O)(=O)O. The Hall–Kier alpha value is -2.46. The summed E-state index contributed by atoms with van der Waals surface area (Å²) in [5.74, 6) is 0. The standard InChI is InChI=1S/C30H54O79S18/c31-110(32)94-13(11(95-113(39,40)41)3-86-29-23(106-124(72,73)74)19(102-120(60,61)62)14(97-115(45,46)47)7(90-29)1-84-27-25(108-126(78,79)80)21(104-122(66,67)68)16(99-117(51,52)53)9(92-27)5-88-111(33,34)35)18(101-119(57,58)59)12(96-114(42,43)44)4-87-30-24(107-125(75,76)77)20(103-121(63,64)65)15(98-116(48,49)50)8(91-30)2-85-28-26(109-127(81,82)83)22(105-123(69,70)71)17(100-118(54,55)56)10(93-28)6-89-112(36,37)38/h7-30H,1-6H2,(H,31,32)(H,33,34,35)(H,36,37,38)(H,39,40,41)(H,42,43,44)(H,45,46,47)(H,48,49,50)(H,51,52,53)(H,54,55,56)(H,57,58,59)(H,60,61,62)(H,63,64,65)(H,66,67,68)(H,69,70,71)(H,72,73,74)(H,75,76,77)(H,78,79,80)(H,81,82,83)/t7-,8-,9-,10-,11-,12-,13-,14-,15-,16-,17-,18-,19+,20+,21+,22+,23-,24-,25-,26-,27-,28-,29-,30-/m1/s1.